The zero-order valence-corrected chi connectivity index (χ0v) is 17.1. The summed E-state index contributed by atoms with van der Waals surface area (Å²) in [6.45, 7) is 1.66. The van der Waals surface area contributed by atoms with E-state index in [9.17, 15) is 27.6 Å². The van der Waals surface area contributed by atoms with E-state index in [-0.39, 0.29) is 18.9 Å². The molecule has 1 atom stereocenters. The lowest BCUT2D eigenvalue weighted by Gasteiger charge is -2.17. The third kappa shape index (κ3) is 5.57. The molecule has 1 aliphatic rings. The molecule has 7 nitrogen and oxygen atoms in total. The summed E-state index contributed by atoms with van der Waals surface area (Å²) < 4.78 is 49.3. The molecule has 3 rings (SSSR count). The molecule has 1 fully saturated rings. The monoisotopic (exact) mass is 450 g/mol. The van der Waals surface area contributed by atoms with Gasteiger partial charge in [-0.05, 0) is 43.3 Å². The Morgan fingerprint density at radius 3 is 2.47 bits per heavy atom. The fraction of sp³-hybridized carbons (Fsp3) is 0.318. The third-order valence-electron chi connectivity index (χ3n) is 4.77. The van der Waals surface area contributed by atoms with Crippen molar-refractivity contribution in [3.05, 3.63) is 54.1 Å². The largest absolute Gasteiger partial charge is 0.494 e. The van der Waals surface area contributed by atoms with Crippen LogP contribution in [0.15, 0.2) is 48.5 Å². The summed E-state index contributed by atoms with van der Waals surface area (Å²) in [7, 11) is 0. The van der Waals surface area contributed by atoms with Crippen LogP contribution in [-0.4, -0.2) is 37.5 Å². The van der Waals surface area contributed by atoms with Gasteiger partial charge in [-0.1, -0.05) is 12.1 Å². The summed E-state index contributed by atoms with van der Waals surface area (Å²) in [6.07, 6.45) is -4.74. The molecule has 2 aromatic rings. The average Bonchev–Trinajstić information content (AvgIpc) is 3.14. The van der Waals surface area contributed by atoms with Crippen LogP contribution < -0.4 is 15.0 Å². The van der Waals surface area contributed by atoms with E-state index < -0.39 is 41.8 Å². The van der Waals surface area contributed by atoms with Crippen LogP contribution in [0, 0.1) is 5.92 Å². The van der Waals surface area contributed by atoms with Crippen molar-refractivity contribution in [1.82, 2.24) is 0 Å². The third-order valence-corrected chi connectivity index (χ3v) is 4.77. The van der Waals surface area contributed by atoms with Gasteiger partial charge in [-0.25, -0.2) is 0 Å². The molecule has 1 saturated heterocycles. The SMILES string of the molecule is CCOc1ccc(N2CC(C(=O)OCC(=O)Nc3ccccc3C(F)(F)F)CC2=O)cc1. The maximum Gasteiger partial charge on any atom is 0.418 e. The van der Waals surface area contributed by atoms with Gasteiger partial charge >= 0.3 is 12.1 Å². The van der Waals surface area contributed by atoms with Crippen molar-refractivity contribution in [1.29, 1.82) is 0 Å². The average molecular weight is 450 g/mol. The van der Waals surface area contributed by atoms with Crippen molar-refractivity contribution in [2.24, 2.45) is 5.92 Å². The second-order valence-electron chi connectivity index (χ2n) is 7.03. The van der Waals surface area contributed by atoms with Crippen LogP contribution in [0.3, 0.4) is 0 Å². The van der Waals surface area contributed by atoms with Crippen molar-refractivity contribution < 1.29 is 37.0 Å². The minimum Gasteiger partial charge on any atom is -0.494 e. The maximum atomic E-state index is 13.0. The van der Waals surface area contributed by atoms with Gasteiger partial charge in [0.25, 0.3) is 5.91 Å². The van der Waals surface area contributed by atoms with Gasteiger partial charge in [0.2, 0.25) is 5.91 Å². The van der Waals surface area contributed by atoms with E-state index >= 15 is 0 Å². The van der Waals surface area contributed by atoms with E-state index in [0.717, 1.165) is 12.1 Å². The van der Waals surface area contributed by atoms with Gasteiger partial charge in [0.15, 0.2) is 6.61 Å². The zero-order chi connectivity index (χ0) is 23.3. The summed E-state index contributed by atoms with van der Waals surface area (Å²) >= 11 is 0. The molecule has 0 bridgehead atoms. The highest BCUT2D eigenvalue weighted by atomic mass is 19.4. The highest BCUT2D eigenvalue weighted by molar-refractivity contribution is 6.00. The fourth-order valence-electron chi connectivity index (χ4n) is 3.28. The predicted octanol–water partition coefficient (Wildman–Crippen LogP) is 3.64. The lowest BCUT2D eigenvalue weighted by atomic mass is 10.1. The molecule has 1 aliphatic heterocycles. The quantitative estimate of drug-likeness (QED) is 0.651. The van der Waals surface area contributed by atoms with Crippen molar-refractivity contribution in [3.63, 3.8) is 0 Å². The van der Waals surface area contributed by atoms with Crippen LogP contribution in [0.25, 0.3) is 0 Å². The number of halogens is 3. The molecule has 170 valence electrons. The first-order valence-corrected chi connectivity index (χ1v) is 9.85. The number of hydrogen-bond acceptors (Lipinski definition) is 5. The number of carbonyl (C=O) groups excluding carboxylic acids is 3. The number of alkyl halides is 3. The fourth-order valence-corrected chi connectivity index (χ4v) is 3.28. The molecule has 0 aliphatic carbocycles. The number of para-hydroxylation sites is 1. The molecule has 0 spiro atoms. The van der Waals surface area contributed by atoms with Crippen LogP contribution in [0.4, 0.5) is 24.5 Å². The van der Waals surface area contributed by atoms with E-state index in [1.54, 1.807) is 24.3 Å². The smallest absolute Gasteiger partial charge is 0.418 e. The van der Waals surface area contributed by atoms with Crippen molar-refractivity contribution in [2.75, 3.05) is 30.0 Å². The Balaban J connectivity index is 1.54. The first-order chi connectivity index (χ1) is 15.2. The van der Waals surface area contributed by atoms with Gasteiger partial charge in [-0.3, -0.25) is 14.4 Å². The normalized spacial score (nSPS) is 16.1. The summed E-state index contributed by atoms with van der Waals surface area (Å²) in [6, 6.07) is 11.3. The van der Waals surface area contributed by atoms with Gasteiger partial charge in [0, 0.05) is 18.7 Å². The molecule has 0 aromatic heterocycles. The summed E-state index contributed by atoms with van der Waals surface area (Å²) in [5.74, 6) is -2.10. The van der Waals surface area contributed by atoms with E-state index in [4.69, 9.17) is 9.47 Å². The van der Waals surface area contributed by atoms with Crippen LogP contribution in [0.2, 0.25) is 0 Å². The molecule has 0 radical (unpaired) electrons. The number of nitrogens with zero attached hydrogens (tertiary/aromatic N) is 1. The number of ether oxygens (including phenoxy) is 2. The van der Waals surface area contributed by atoms with Gasteiger partial charge in [0.05, 0.1) is 23.8 Å². The van der Waals surface area contributed by atoms with Crippen LogP contribution in [0.1, 0.15) is 18.9 Å². The maximum absolute atomic E-state index is 13.0. The standard InChI is InChI=1S/C22H21F3N2O5/c1-2-31-16-9-7-15(8-10-16)27-12-14(11-20(27)29)21(30)32-13-19(28)26-18-6-4-3-5-17(18)22(23,24)25/h3-10,14H,2,11-13H2,1H3,(H,26,28). The van der Waals surface area contributed by atoms with Crippen LogP contribution in [0.5, 0.6) is 5.75 Å². The number of rotatable bonds is 7. The topological polar surface area (TPSA) is 84.9 Å². The Bertz CT molecular complexity index is 992. The van der Waals surface area contributed by atoms with Gasteiger partial charge < -0.3 is 19.7 Å². The minimum absolute atomic E-state index is 0.0736. The Labute approximate surface area is 182 Å². The number of amides is 2. The predicted molar refractivity (Wildman–Crippen MR) is 109 cm³/mol. The number of hydrogen-bond donors (Lipinski definition) is 1. The molecule has 1 heterocycles. The lowest BCUT2D eigenvalue weighted by Crippen LogP contribution is -2.28. The molecule has 32 heavy (non-hydrogen) atoms. The Kier molecular flexibility index (Phi) is 7.01. The number of nitrogens with one attached hydrogen (secondary N) is 1. The molecular weight excluding hydrogens is 429 g/mol. The second kappa shape index (κ2) is 9.71. The summed E-state index contributed by atoms with van der Waals surface area (Å²) in [5, 5.41) is 2.10. The molecule has 1 N–H and O–H groups in total. The first-order valence-electron chi connectivity index (χ1n) is 9.85. The Morgan fingerprint density at radius 1 is 1.12 bits per heavy atom. The molecule has 0 saturated carbocycles. The molecule has 2 amide bonds. The highest BCUT2D eigenvalue weighted by Gasteiger charge is 2.37. The second-order valence-corrected chi connectivity index (χ2v) is 7.03. The summed E-state index contributed by atoms with van der Waals surface area (Å²) in [4.78, 5) is 38.1. The Morgan fingerprint density at radius 2 is 1.81 bits per heavy atom. The Hall–Kier alpha value is -3.56. The summed E-state index contributed by atoms with van der Waals surface area (Å²) in [5.41, 5.74) is -0.846. The van der Waals surface area contributed by atoms with E-state index in [2.05, 4.69) is 5.32 Å². The zero-order valence-electron chi connectivity index (χ0n) is 17.1. The minimum atomic E-state index is -4.64. The van der Waals surface area contributed by atoms with Gasteiger partial charge in [0.1, 0.15) is 5.75 Å². The number of anilines is 2. The van der Waals surface area contributed by atoms with E-state index in [1.165, 1.54) is 17.0 Å². The number of carbonyl (C=O) groups is 3. The molecule has 1 unspecified atom stereocenters. The van der Waals surface area contributed by atoms with Crippen molar-refractivity contribution in [2.45, 2.75) is 19.5 Å². The molecule has 10 heteroatoms. The van der Waals surface area contributed by atoms with Crippen molar-refractivity contribution in [3.8, 4) is 5.75 Å². The highest BCUT2D eigenvalue weighted by Crippen LogP contribution is 2.34. The van der Waals surface area contributed by atoms with Gasteiger partial charge in [-0.2, -0.15) is 13.2 Å². The van der Waals surface area contributed by atoms with Crippen molar-refractivity contribution >= 4 is 29.2 Å². The first kappa shape index (κ1) is 23.1. The number of benzene rings is 2. The van der Waals surface area contributed by atoms with E-state index in [1.807, 2.05) is 6.92 Å². The molecular formula is C22H21F3N2O5. The van der Waals surface area contributed by atoms with Crippen LogP contribution in [-0.2, 0) is 25.3 Å². The van der Waals surface area contributed by atoms with Crippen LogP contribution >= 0.6 is 0 Å². The molecule has 2 aromatic carbocycles. The van der Waals surface area contributed by atoms with E-state index in [0.29, 0.717) is 18.0 Å². The van der Waals surface area contributed by atoms with Gasteiger partial charge in [-0.15, -0.1) is 0 Å². The lowest BCUT2D eigenvalue weighted by molar-refractivity contribution is -0.151. The number of esters is 1.